The van der Waals surface area contributed by atoms with Crippen molar-refractivity contribution in [1.29, 1.82) is 0 Å². The highest BCUT2D eigenvalue weighted by Crippen LogP contribution is 2.16. The summed E-state index contributed by atoms with van der Waals surface area (Å²) >= 11 is 0. The van der Waals surface area contributed by atoms with Crippen LogP contribution in [-0.2, 0) is 22.5 Å². The Bertz CT molecular complexity index is 491. The molecule has 0 aromatic heterocycles. The highest BCUT2D eigenvalue weighted by Gasteiger charge is 2.27. The van der Waals surface area contributed by atoms with E-state index in [1.54, 1.807) is 0 Å². The van der Waals surface area contributed by atoms with Gasteiger partial charge in [-0.25, -0.2) is 0 Å². The number of hydrogen-bond acceptors (Lipinski definition) is 3. The average Bonchev–Trinajstić information content (AvgIpc) is 2.45. The Kier molecular flexibility index (Phi) is 5.19. The lowest BCUT2D eigenvalue weighted by molar-refractivity contribution is -0.173. The Labute approximate surface area is 120 Å². The summed E-state index contributed by atoms with van der Waals surface area (Å²) in [4.78, 5) is 11.9. The van der Waals surface area contributed by atoms with Crippen LogP contribution in [0.4, 0.5) is 13.2 Å². The van der Waals surface area contributed by atoms with Gasteiger partial charge >= 0.3 is 6.18 Å². The largest absolute Gasteiger partial charge is 0.411 e. The van der Waals surface area contributed by atoms with Crippen molar-refractivity contribution in [3.63, 3.8) is 0 Å². The molecule has 7 heteroatoms. The zero-order valence-electron chi connectivity index (χ0n) is 11.4. The first kappa shape index (κ1) is 15.8. The molecule has 0 aliphatic carbocycles. The van der Waals surface area contributed by atoms with E-state index in [0.29, 0.717) is 13.0 Å². The Morgan fingerprint density at radius 3 is 2.76 bits per heavy atom. The van der Waals surface area contributed by atoms with Gasteiger partial charge in [-0.2, -0.15) is 13.2 Å². The molecule has 1 heterocycles. The van der Waals surface area contributed by atoms with Gasteiger partial charge in [-0.05, 0) is 17.5 Å². The molecule has 1 aromatic rings. The lowest BCUT2D eigenvalue weighted by atomic mass is 9.95. The molecule has 0 fully saturated rings. The lowest BCUT2D eigenvalue weighted by Gasteiger charge is -2.25. The quantitative estimate of drug-likeness (QED) is 0.808. The molecule has 0 unspecified atom stereocenters. The van der Waals surface area contributed by atoms with Crippen LogP contribution in [0.25, 0.3) is 0 Å². The number of fused-ring (bicyclic) bond motifs is 1. The van der Waals surface area contributed by atoms with E-state index in [1.807, 2.05) is 24.3 Å². The molecule has 0 radical (unpaired) electrons. The van der Waals surface area contributed by atoms with E-state index in [0.717, 1.165) is 11.1 Å². The van der Waals surface area contributed by atoms with Crippen LogP contribution in [0.3, 0.4) is 0 Å². The Hall–Kier alpha value is -1.60. The molecule has 2 rings (SSSR count). The van der Waals surface area contributed by atoms with E-state index >= 15 is 0 Å². The van der Waals surface area contributed by atoms with Gasteiger partial charge in [0.2, 0.25) is 5.91 Å². The maximum Gasteiger partial charge on any atom is 0.411 e. The third-order valence-electron chi connectivity index (χ3n) is 3.21. The van der Waals surface area contributed by atoms with E-state index < -0.39 is 12.8 Å². The number of ether oxygens (including phenoxy) is 1. The SMILES string of the molecule is O=C(NCCOCC(F)(F)F)[C@@H]1Cc2ccccc2CN1. The summed E-state index contributed by atoms with van der Waals surface area (Å²) in [7, 11) is 0. The molecule has 1 atom stereocenters. The van der Waals surface area contributed by atoms with Gasteiger partial charge in [-0.1, -0.05) is 24.3 Å². The molecule has 0 bridgehead atoms. The van der Waals surface area contributed by atoms with Crippen molar-refractivity contribution in [3.05, 3.63) is 35.4 Å². The first-order chi connectivity index (χ1) is 9.96. The predicted octanol–water partition coefficient (Wildman–Crippen LogP) is 1.40. The van der Waals surface area contributed by atoms with Crippen molar-refractivity contribution in [1.82, 2.24) is 10.6 Å². The van der Waals surface area contributed by atoms with Crippen LogP contribution < -0.4 is 10.6 Å². The highest BCUT2D eigenvalue weighted by atomic mass is 19.4. The van der Waals surface area contributed by atoms with Crippen LogP contribution in [0.1, 0.15) is 11.1 Å². The van der Waals surface area contributed by atoms with E-state index in [9.17, 15) is 18.0 Å². The van der Waals surface area contributed by atoms with Crippen molar-refractivity contribution in [2.75, 3.05) is 19.8 Å². The number of nitrogens with one attached hydrogen (secondary N) is 2. The fraction of sp³-hybridized carbons (Fsp3) is 0.500. The van der Waals surface area contributed by atoms with Gasteiger partial charge in [0.15, 0.2) is 0 Å². The van der Waals surface area contributed by atoms with Gasteiger partial charge in [-0.3, -0.25) is 4.79 Å². The van der Waals surface area contributed by atoms with Gasteiger partial charge in [0.05, 0.1) is 12.6 Å². The van der Waals surface area contributed by atoms with Crippen molar-refractivity contribution in [2.24, 2.45) is 0 Å². The molecule has 4 nitrogen and oxygen atoms in total. The normalized spacial score (nSPS) is 18.1. The second-order valence-corrected chi connectivity index (χ2v) is 4.87. The van der Waals surface area contributed by atoms with Gasteiger partial charge in [-0.15, -0.1) is 0 Å². The van der Waals surface area contributed by atoms with E-state index in [4.69, 9.17) is 0 Å². The van der Waals surface area contributed by atoms with Crippen LogP contribution in [0.5, 0.6) is 0 Å². The third-order valence-corrected chi connectivity index (χ3v) is 3.21. The van der Waals surface area contributed by atoms with E-state index in [1.165, 1.54) is 0 Å². The monoisotopic (exact) mass is 302 g/mol. The first-order valence-electron chi connectivity index (χ1n) is 6.68. The minimum atomic E-state index is -4.33. The molecule has 21 heavy (non-hydrogen) atoms. The zero-order valence-corrected chi connectivity index (χ0v) is 11.4. The van der Waals surface area contributed by atoms with Crippen LogP contribution in [0.2, 0.25) is 0 Å². The maximum atomic E-state index is 11.9. The number of benzene rings is 1. The standard InChI is InChI=1S/C14H17F3N2O2/c15-14(16,17)9-21-6-5-18-13(20)12-7-10-3-1-2-4-11(10)8-19-12/h1-4,12,19H,5-9H2,(H,18,20)/t12-/m0/s1. The second kappa shape index (κ2) is 6.91. The van der Waals surface area contributed by atoms with Crippen molar-refractivity contribution < 1.29 is 22.7 Å². The fourth-order valence-corrected chi connectivity index (χ4v) is 2.20. The Morgan fingerprint density at radius 1 is 1.33 bits per heavy atom. The summed E-state index contributed by atoms with van der Waals surface area (Å²) in [6.45, 7) is -0.778. The molecule has 0 spiro atoms. The molecule has 1 aromatic carbocycles. The summed E-state index contributed by atoms with van der Waals surface area (Å²) in [6, 6.07) is 7.48. The molecule has 1 aliphatic heterocycles. The van der Waals surface area contributed by atoms with Crippen molar-refractivity contribution >= 4 is 5.91 Å². The van der Waals surface area contributed by atoms with Gasteiger partial charge in [0.1, 0.15) is 6.61 Å². The number of alkyl halides is 3. The number of carbonyl (C=O) groups is 1. The summed E-state index contributed by atoms with van der Waals surface area (Å²) in [5.41, 5.74) is 2.28. The summed E-state index contributed by atoms with van der Waals surface area (Å²) < 4.78 is 40.0. The molecule has 1 amide bonds. The van der Waals surface area contributed by atoms with Crippen LogP contribution in [0.15, 0.2) is 24.3 Å². The number of amides is 1. The third kappa shape index (κ3) is 5.02. The van der Waals surface area contributed by atoms with Crippen LogP contribution in [-0.4, -0.2) is 37.9 Å². The van der Waals surface area contributed by atoms with E-state index in [-0.39, 0.29) is 25.1 Å². The first-order valence-corrected chi connectivity index (χ1v) is 6.68. The minimum Gasteiger partial charge on any atom is -0.370 e. The summed E-state index contributed by atoms with van der Waals surface area (Å²) in [5.74, 6) is -0.222. The van der Waals surface area contributed by atoms with E-state index in [2.05, 4.69) is 15.4 Å². The van der Waals surface area contributed by atoms with Gasteiger partial charge in [0, 0.05) is 13.1 Å². The van der Waals surface area contributed by atoms with Crippen LogP contribution >= 0.6 is 0 Å². The fourth-order valence-electron chi connectivity index (χ4n) is 2.20. The van der Waals surface area contributed by atoms with Gasteiger partial charge < -0.3 is 15.4 Å². The smallest absolute Gasteiger partial charge is 0.370 e. The van der Waals surface area contributed by atoms with Crippen LogP contribution in [0, 0.1) is 0 Å². The average molecular weight is 302 g/mol. The van der Waals surface area contributed by atoms with Crippen molar-refractivity contribution in [2.45, 2.75) is 25.2 Å². The molecular weight excluding hydrogens is 285 g/mol. The maximum absolute atomic E-state index is 11.9. The number of halogens is 3. The number of hydrogen-bond donors (Lipinski definition) is 2. The minimum absolute atomic E-state index is 0.0642. The molecule has 0 saturated carbocycles. The number of carbonyl (C=O) groups excluding carboxylic acids is 1. The lowest BCUT2D eigenvalue weighted by Crippen LogP contribution is -2.48. The van der Waals surface area contributed by atoms with Gasteiger partial charge in [0.25, 0.3) is 0 Å². The topological polar surface area (TPSA) is 50.4 Å². The molecule has 116 valence electrons. The Morgan fingerprint density at radius 2 is 2.05 bits per heavy atom. The molecule has 2 N–H and O–H groups in total. The second-order valence-electron chi connectivity index (χ2n) is 4.87. The highest BCUT2D eigenvalue weighted by molar-refractivity contribution is 5.82. The summed E-state index contributed by atoms with van der Waals surface area (Å²) in [5, 5.41) is 5.68. The predicted molar refractivity (Wildman–Crippen MR) is 70.7 cm³/mol. The van der Waals surface area contributed by atoms with Crippen molar-refractivity contribution in [3.8, 4) is 0 Å². The number of rotatable bonds is 5. The molecular formula is C14H17F3N2O2. The molecule has 0 saturated heterocycles. The molecule has 1 aliphatic rings. The summed E-state index contributed by atoms with van der Waals surface area (Å²) in [6.07, 6.45) is -3.76. The Balaban J connectivity index is 1.70. The zero-order chi connectivity index (χ0) is 15.3.